The van der Waals surface area contributed by atoms with Gasteiger partial charge in [-0.1, -0.05) is 104 Å². The molecule has 8 nitrogen and oxygen atoms in total. The summed E-state index contributed by atoms with van der Waals surface area (Å²) in [6, 6.07) is 28.7. The number of amides is 2. The molecular weight excluding hydrogens is 622 g/mol. The molecule has 4 aromatic carbocycles. The maximum atomic E-state index is 14.5. The topological polar surface area (TPSA) is 96.0 Å². The Morgan fingerprint density at radius 1 is 0.870 bits per heavy atom. The molecule has 0 unspecified atom stereocenters. The molecule has 0 aliphatic heterocycles. The maximum absolute atomic E-state index is 14.5. The molecule has 0 aliphatic rings. The van der Waals surface area contributed by atoms with Gasteiger partial charge in [-0.2, -0.15) is 0 Å². The van der Waals surface area contributed by atoms with Crippen LogP contribution in [-0.2, 0) is 32.6 Å². The lowest BCUT2D eigenvalue weighted by atomic mass is 10.0. The molecule has 0 saturated carbocycles. The first-order valence-electron chi connectivity index (χ1n) is 15.1. The van der Waals surface area contributed by atoms with E-state index in [1.807, 2.05) is 75.4 Å². The molecule has 46 heavy (non-hydrogen) atoms. The van der Waals surface area contributed by atoms with E-state index in [0.29, 0.717) is 12.3 Å². The standard InChI is InChI=1S/C36H40ClN3O5S/c1-26(2)23-38-36(42)33(21-28-11-7-5-8-12-28)39(24-29-17-15-27(3)16-18-29)35(41)25-40(30-19-20-34(45-4)32(37)22-30)46(43,44)31-13-9-6-10-14-31/h5-20,22,26,33H,21,23-25H2,1-4H3,(H,38,42)/t33-/m1/s1. The van der Waals surface area contributed by atoms with Crippen LogP contribution in [0.5, 0.6) is 5.75 Å². The summed E-state index contributed by atoms with van der Waals surface area (Å²) in [6.45, 7) is 5.90. The highest BCUT2D eigenvalue weighted by molar-refractivity contribution is 7.92. The first kappa shape index (κ1) is 34.5. The van der Waals surface area contributed by atoms with E-state index in [4.69, 9.17) is 16.3 Å². The smallest absolute Gasteiger partial charge is 0.264 e. The summed E-state index contributed by atoms with van der Waals surface area (Å²) < 4.78 is 34.6. The summed E-state index contributed by atoms with van der Waals surface area (Å²) in [4.78, 5) is 29.9. The number of methoxy groups -OCH3 is 1. The van der Waals surface area contributed by atoms with Crippen LogP contribution in [0.3, 0.4) is 0 Å². The number of halogens is 1. The fraction of sp³-hybridized carbons (Fsp3) is 0.278. The van der Waals surface area contributed by atoms with Gasteiger partial charge in [0, 0.05) is 19.5 Å². The third kappa shape index (κ3) is 8.89. The predicted octanol–water partition coefficient (Wildman–Crippen LogP) is 6.26. The van der Waals surface area contributed by atoms with Crippen molar-refractivity contribution in [2.24, 2.45) is 5.92 Å². The molecular formula is C36H40ClN3O5S. The van der Waals surface area contributed by atoms with Gasteiger partial charge in [0.05, 0.1) is 22.7 Å². The number of rotatable bonds is 14. The van der Waals surface area contributed by atoms with Gasteiger partial charge in [0.1, 0.15) is 18.3 Å². The number of benzene rings is 4. The molecule has 0 spiro atoms. The maximum Gasteiger partial charge on any atom is 0.264 e. The van der Waals surface area contributed by atoms with E-state index in [1.165, 1.54) is 30.2 Å². The second kappa shape index (κ2) is 15.8. The fourth-order valence-electron chi connectivity index (χ4n) is 4.93. The molecule has 0 radical (unpaired) electrons. The summed E-state index contributed by atoms with van der Waals surface area (Å²) in [5, 5.41) is 3.19. The Morgan fingerprint density at radius 3 is 2.09 bits per heavy atom. The number of carbonyl (C=O) groups excluding carboxylic acids is 2. The normalized spacial score (nSPS) is 12.0. The van der Waals surface area contributed by atoms with E-state index >= 15 is 0 Å². The van der Waals surface area contributed by atoms with Gasteiger partial charge >= 0.3 is 0 Å². The molecule has 1 N–H and O–H groups in total. The van der Waals surface area contributed by atoms with Crippen molar-refractivity contribution in [2.75, 3.05) is 24.5 Å². The lowest BCUT2D eigenvalue weighted by Crippen LogP contribution is -2.53. The molecule has 0 saturated heterocycles. The summed E-state index contributed by atoms with van der Waals surface area (Å²) in [5.41, 5.74) is 2.90. The molecule has 242 valence electrons. The van der Waals surface area contributed by atoms with Crippen molar-refractivity contribution in [1.82, 2.24) is 10.2 Å². The molecule has 0 aliphatic carbocycles. The minimum Gasteiger partial charge on any atom is -0.495 e. The lowest BCUT2D eigenvalue weighted by Gasteiger charge is -2.34. The Bertz CT molecular complexity index is 1720. The minimum absolute atomic E-state index is 0.00957. The van der Waals surface area contributed by atoms with Crippen LogP contribution in [0.2, 0.25) is 5.02 Å². The first-order chi connectivity index (χ1) is 22.0. The van der Waals surface area contributed by atoms with Crippen LogP contribution in [0.4, 0.5) is 5.69 Å². The van der Waals surface area contributed by atoms with Crippen molar-refractivity contribution >= 4 is 39.1 Å². The minimum atomic E-state index is -4.24. The Morgan fingerprint density at radius 2 is 1.50 bits per heavy atom. The van der Waals surface area contributed by atoms with Crippen molar-refractivity contribution in [1.29, 1.82) is 0 Å². The van der Waals surface area contributed by atoms with E-state index in [1.54, 1.807) is 30.3 Å². The number of anilines is 1. The van der Waals surface area contributed by atoms with Crippen LogP contribution in [0, 0.1) is 12.8 Å². The van der Waals surface area contributed by atoms with Gasteiger partial charge in [-0.15, -0.1) is 0 Å². The number of carbonyl (C=O) groups is 2. The number of ether oxygens (including phenoxy) is 1. The van der Waals surface area contributed by atoms with Gasteiger partial charge in [0.15, 0.2) is 0 Å². The Balaban J connectivity index is 1.81. The molecule has 0 heterocycles. The highest BCUT2D eigenvalue weighted by atomic mass is 35.5. The van der Waals surface area contributed by atoms with Crippen LogP contribution in [0.25, 0.3) is 0 Å². The lowest BCUT2D eigenvalue weighted by molar-refractivity contribution is -0.140. The van der Waals surface area contributed by atoms with Gasteiger partial charge in [0.2, 0.25) is 11.8 Å². The third-order valence-electron chi connectivity index (χ3n) is 7.46. The van der Waals surface area contributed by atoms with Gasteiger partial charge in [-0.3, -0.25) is 13.9 Å². The molecule has 1 atom stereocenters. The van der Waals surface area contributed by atoms with Crippen molar-refractivity contribution in [2.45, 2.75) is 44.7 Å². The van der Waals surface area contributed by atoms with E-state index in [9.17, 15) is 18.0 Å². The monoisotopic (exact) mass is 661 g/mol. The summed E-state index contributed by atoms with van der Waals surface area (Å²) in [6.07, 6.45) is 0.238. The number of sulfonamides is 1. The van der Waals surface area contributed by atoms with E-state index in [2.05, 4.69) is 5.32 Å². The largest absolute Gasteiger partial charge is 0.495 e. The molecule has 4 rings (SSSR count). The molecule has 10 heteroatoms. The molecule has 0 bridgehead atoms. The number of aryl methyl sites for hydroxylation is 1. The van der Waals surface area contributed by atoms with Gasteiger partial charge < -0.3 is 15.0 Å². The zero-order chi connectivity index (χ0) is 33.3. The van der Waals surface area contributed by atoms with Crippen molar-refractivity contribution in [3.8, 4) is 5.75 Å². The number of nitrogens with one attached hydrogen (secondary N) is 1. The van der Waals surface area contributed by atoms with Crippen LogP contribution in [-0.4, -0.2) is 51.4 Å². The summed E-state index contributed by atoms with van der Waals surface area (Å²) in [7, 11) is -2.78. The molecule has 0 aromatic heterocycles. The van der Waals surface area contributed by atoms with Crippen LogP contribution >= 0.6 is 11.6 Å². The second-order valence-corrected chi connectivity index (χ2v) is 13.8. The summed E-state index contributed by atoms with van der Waals surface area (Å²) in [5.74, 6) is -0.316. The van der Waals surface area contributed by atoms with Crippen LogP contribution < -0.4 is 14.4 Å². The molecule has 4 aromatic rings. The van der Waals surface area contributed by atoms with Crippen molar-refractivity contribution < 1.29 is 22.7 Å². The van der Waals surface area contributed by atoms with Gasteiger partial charge in [-0.25, -0.2) is 8.42 Å². The quantitative estimate of drug-likeness (QED) is 0.172. The van der Waals surface area contributed by atoms with Gasteiger partial charge in [-0.05, 0) is 54.3 Å². The van der Waals surface area contributed by atoms with Crippen LogP contribution in [0.1, 0.15) is 30.5 Å². The highest BCUT2D eigenvalue weighted by Crippen LogP contribution is 2.32. The third-order valence-corrected chi connectivity index (χ3v) is 9.55. The van der Waals surface area contributed by atoms with Gasteiger partial charge in [0.25, 0.3) is 10.0 Å². The molecule has 0 fully saturated rings. The summed E-state index contributed by atoms with van der Waals surface area (Å²) >= 11 is 6.44. The Kier molecular flexibility index (Phi) is 11.8. The zero-order valence-electron chi connectivity index (χ0n) is 26.5. The SMILES string of the molecule is COc1ccc(N(CC(=O)N(Cc2ccc(C)cc2)[C@H](Cc2ccccc2)C(=O)NCC(C)C)S(=O)(=O)c2ccccc2)cc1Cl. The first-order valence-corrected chi connectivity index (χ1v) is 16.9. The predicted molar refractivity (Wildman–Crippen MR) is 182 cm³/mol. The molecule has 2 amide bonds. The van der Waals surface area contributed by atoms with Crippen molar-refractivity contribution in [3.05, 3.63) is 125 Å². The van der Waals surface area contributed by atoms with Crippen molar-refractivity contribution in [3.63, 3.8) is 0 Å². The fourth-order valence-corrected chi connectivity index (χ4v) is 6.60. The Labute approximate surface area is 277 Å². The van der Waals surface area contributed by atoms with E-state index in [-0.39, 0.29) is 40.4 Å². The highest BCUT2D eigenvalue weighted by Gasteiger charge is 2.35. The number of hydrogen-bond acceptors (Lipinski definition) is 5. The zero-order valence-corrected chi connectivity index (χ0v) is 28.1. The van der Waals surface area contributed by atoms with Crippen LogP contribution in [0.15, 0.2) is 108 Å². The van der Waals surface area contributed by atoms with E-state index < -0.39 is 28.5 Å². The average Bonchev–Trinajstić information content (AvgIpc) is 3.05. The average molecular weight is 662 g/mol. The number of nitrogens with zero attached hydrogens (tertiary/aromatic N) is 2. The second-order valence-electron chi connectivity index (χ2n) is 11.5. The number of hydrogen-bond donors (Lipinski definition) is 1. The van der Waals surface area contributed by atoms with E-state index in [0.717, 1.165) is 21.0 Å². The Hall–Kier alpha value is -4.34.